The number of aliphatic hydroxyl groups excluding tert-OH is 1. The van der Waals surface area contributed by atoms with Gasteiger partial charge in [0.15, 0.2) is 0 Å². The minimum absolute atomic E-state index is 0.0437. The van der Waals surface area contributed by atoms with Gasteiger partial charge >= 0.3 is 0 Å². The van der Waals surface area contributed by atoms with Gasteiger partial charge in [0.05, 0.1) is 0 Å². The highest BCUT2D eigenvalue weighted by atomic mass is 16.3. The van der Waals surface area contributed by atoms with Gasteiger partial charge in [-0.15, -0.1) is 0 Å². The smallest absolute Gasteiger partial charge is 0.253 e. The number of hydrogen-bond acceptors (Lipinski definition) is 3. The van der Waals surface area contributed by atoms with Crippen molar-refractivity contribution in [3.05, 3.63) is 12.2 Å². The Hall–Kier alpha value is -1.16. The molecule has 0 aromatic rings. The number of imide groups is 1. The Balaban J connectivity index is 2.44. The maximum absolute atomic E-state index is 11.2. The molecule has 4 nitrogen and oxygen atoms in total. The molecule has 0 aliphatic carbocycles. The van der Waals surface area contributed by atoms with E-state index in [1.165, 1.54) is 17.1 Å². The third-order valence-corrected chi connectivity index (χ3v) is 2.70. The standard InChI is InChI=1S/C11H17NO3/c1-11(2,6-8-13)5-7-12-9(14)3-4-10(12)15/h3-4,13H,5-8H2,1-2H3. The van der Waals surface area contributed by atoms with Crippen LogP contribution in [0.5, 0.6) is 0 Å². The van der Waals surface area contributed by atoms with Gasteiger partial charge in [-0.3, -0.25) is 14.5 Å². The van der Waals surface area contributed by atoms with Gasteiger partial charge in [-0.1, -0.05) is 13.8 Å². The number of rotatable bonds is 5. The lowest BCUT2D eigenvalue weighted by Gasteiger charge is -2.25. The maximum Gasteiger partial charge on any atom is 0.253 e. The van der Waals surface area contributed by atoms with Gasteiger partial charge in [-0.2, -0.15) is 0 Å². The molecule has 0 saturated carbocycles. The summed E-state index contributed by atoms with van der Waals surface area (Å²) in [5.41, 5.74) is -0.0437. The van der Waals surface area contributed by atoms with Crippen molar-refractivity contribution in [1.82, 2.24) is 4.90 Å². The molecule has 0 aromatic heterocycles. The first-order valence-electron chi connectivity index (χ1n) is 5.11. The van der Waals surface area contributed by atoms with Gasteiger partial charge in [0, 0.05) is 25.3 Å². The highest BCUT2D eigenvalue weighted by molar-refractivity contribution is 6.12. The van der Waals surface area contributed by atoms with Gasteiger partial charge < -0.3 is 5.11 Å². The SMILES string of the molecule is CC(C)(CCO)CCN1C(=O)C=CC1=O. The van der Waals surface area contributed by atoms with Crippen LogP contribution >= 0.6 is 0 Å². The van der Waals surface area contributed by atoms with E-state index < -0.39 is 0 Å². The molecule has 2 amide bonds. The Kier molecular flexibility index (Phi) is 3.63. The second-order valence-electron chi connectivity index (χ2n) is 4.55. The van der Waals surface area contributed by atoms with E-state index >= 15 is 0 Å². The van der Waals surface area contributed by atoms with Crippen LogP contribution in [0.15, 0.2) is 12.2 Å². The van der Waals surface area contributed by atoms with Gasteiger partial charge in [-0.25, -0.2) is 0 Å². The molecular weight excluding hydrogens is 194 g/mol. The van der Waals surface area contributed by atoms with Crippen molar-refractivity contribution < 1.29 is 14.7 Å². The molecule has 0 radical (unpaired) electrons. The molecule has 15 heavy (non-hydrogen) atoms. The van der Waals surface area contributed by atoms with Crippen molar-refractivity contribution in [3.63, 3.8) is 0 Å². The van der Waals surface area contributed by atoms with Crippen LogP contribution in [0.3, 0.4) is 0 Å². The fourth-order valence-corrected chi connectivity index (χ4v) is 1.49. The van der Waals surface area contributed by atoms with E-state index in [1.54, 1.807) is 0 Å². The number of carbonyl (C=O) groups excluding carboxylic acids is 2. The predicted molar refractivity (Wildman–Crippen MR) is 56.0 cm³/mol. The van der Waals surface area contributed by atoms with Crippen molar-refractivity contribution in [1.29, 1.82) is 0 Å². The van der Waals surface area contributed by atoms with Crippen molar-refractivity contribution in [2.75, 3.05) is 13.2 Å². The lowest BCUT2D eigenvalue weighted by molar-refractivity contribution is -0.137. The average Bonchev–Trinajstić information content (AvgIpc) is 2.44. The molecule has 0 aromatic carbocycles. The third kappa shape index (κ3) is 3.16. The molecule has 1 aliphatic rings. The highest BCUT2D eigenvalue weighted by Crippen LogP contribution is 2.25. The minimum Gasteiger partial charge on any atom is -0.396 e. The Morgan fingerprint density at radius 1 is 1.20 bits per heavy atom. The summed E-state index contributed by atoms with van der Waals surface area (Å²) < 4.78 is 0. The summed E-state index contributed by atoms with van der Waals surface area (Å²) in [5, 5.41) is 8.84. The number of amides is 2. The van der Waals surface area contributed by atoms with Gasteiger partial charge in [0.1, 0.15) is 0 Å². The Morgan fingerprint density at radius 2 is 1.73 bits per heavy atom. The van der Waals surface area contributed by atoms with Gasteiger partial charge in [-0.05, 0) is 18.3 Å². The Morgan fingerprint density at radius 3 is 2.20 bits per heavy atom. The summed E-state index contributed by atoms with van der Waals surface area (Å²) >= 11 is 0. The zero-order valence-corrected chi connectivity index (χ0v) is 9.19. The van der Waals surface area contributed by atoms with E-state index in [4.69, 9.17) is 5.11 Å². The fraction of sp³-hybridized carbons (Fsp3) is 0.636. The van der Waals surface area contributed by atoms with Crippen LogP contribution in [0.1, 0.15) is 26.7 Å². The summed E-state index contributed by atoms with van der Waals surface area (Å²) in [6, 6.07) is 0. The molecular formula is C11H17NO3. The molecule has 0 unspecified atom stereocenters. The Bertz CT molecular complexity index is 276. The molecule has 0 saturated heterocycles. The molecule has 1 N–H and O–H groups in total. The molecule has 4 heteroatoms. The topological polar surface area (TPSA) is 57.6 Å². The summed E-state index contributed by atoms with van der Waals surface area (Å²) in [6.07, 6.45) is 3.98. The van der Waals surface area contributed by atoms with E-state index in [-0.39, 0.29) is 23.8 Å². The lowest BCUT2D eigenvalue weighted by atomic mass is 9.86. The van der Waals surface area contributed by atoms with Crippen molar-refractivity contribution in [3.8, 4) is 0 Å². The molecule has 1 rings (SSSR count). The number of carbonyl (C=O) groups is 2. The van der Waals surface area contributed by atoms with Crippen LogP contribution in [0, 0.1) is 5.41 Å². The molecule has 0 spiro atoms. The normalized spacial score (nSPS) is 16.6. The quantitative estimate of drug-likeness (QED) is 0.681. The number of aliphatic hydroxyl groups is 1. The fourth-order valence-electron chi connectivity index (χ4n) is 1.49. The van der Waals surface area contributed by atoms with Crippen LogP contribution in [-0.2, 0) is 9.59 Å². The second-order valence-corrected chi connectivity index (χ2v) is 4.55. The van der Waals surface area contributed by atoms with Crippen molar-refractivity contribution >= 4 is 11.8 Å². The lowest BCUT2D eigenvalue weighted by Crippen LogP contribution is -2.33. The summed E-state index contributed by atoms with van der Waals surface area (Å²) in [4.78, 5) is 23.7. The number of hydrogen-bond donors (Lipinski definition) is 1. The monoisotopic (exact) mass is 211 g/mol. The van der Waals surface area contributed by atoms with Crippen LogP contribution in [0.2, 0.25) is 0 Å². The van der Waals surface area contributed by atoms with Crippen LogP contribution in [0.4, 0.5) is 0 Å². The van der Waals surface area contributed by atoms with Crippen molar-refractivity contribution in [2.45, 2.75) is 26.7 Å². The van der Waals surface area contributed by atoms with E-state index in [9.17, 15) is 9.59 Å². The van der Waals surface area contributed by atoms with E-state index in [1.807, 2.05) is 13.8 Å². The van der Waals surface area contributed by atoms with Gasteiger partial charge in [0.25, 0.3) is 11.8 Å². The van der Waals surface area contributed by atoms with E-state index in [0.29, 0.717) is 19.4 Å². The first-order chi connectivity index (χ1) is 6.96. The van der Waals surface area contributed by atoms with E-state index in [2.05, 4.69) is 0 Å². The maximum atomic E-state index is 11.2. The number of nitrogens with zero attached hydrogens (tertiary/aromatic N) is 1. The highest BCUT2D eigenvalue weighted by Gasteiger charge is 2.26. The molecule has 0 atom stereocenters. The average molecular weight is 211 g/mol. The second kappa shape index (κ2) is 4.57. The van der Waals surface area contributed by atoms with E-state index in [0.717, 1.165) is 0 Å². The molecule has 0 fully saturated rings. The summed E-state index contributed by atoms with van der Waals surface area (Å²) in [6.45, 7) is 4.59. The molecule has 0 bridgehead atoms. The molecule has 1 heterocycles. The van der Waals surface area contributed by atoms with Crippen LogP contribution < -0.4 is 0 Å². The first kappa shape index (κ1) is 11.9. The minimum atomic E-state index is -0.236. The predicted octanol–water partition coefficient (Wildman–Crippen LogP) is 0.710. The summed E-state index contributed by atoms with van der Waals surface area (Å²) in [7, 11) is 0. The molecule has 84 valence electrons. The van der Waals surface area contributed by atoms with Crippen molar-refractivity contribution in [2.24, 2.45) is 5.41 Å². The summed E-state index contributed by atoms with van der Waals surface area (Å²) in [5.74, 6) is -0.473. The zero-order valence-electron chi connectivity index (χ0n) is 9.19. The zero-order chi connectivity index (χ0) is 11.5. The van der Waals surface area contributed by atoms with Crippen LogP contribution in [-0.4, -0.2) is 35.0 Å². The van der Waals surface area contributed by atoms with Gasteiger partial charge in [0.2, 0.25) is 0 Å². The Labute approximate surface area is 89.6 Å². The first-order valence-corrected chi connectivity index (χ1v) is 5.11. The van der Waals surface area contributed by atoms with Crippen LogP contribution in [0.25, 0.3) is 0 Å². The molecule has 1 aliphatic heterocycles. The third-order valence-electron chi connectivity index (χ3n) is 2.70. The largest absolute Gasteiger partial charge is 0.396 e.